The molecule has 0 saturated carbocycles. The zero-order valence-electron chi connectivity index (χ0n) is 16.7. The van der Waals surface area contributed by atoms with Gasteiger partial charge in [0.2, 0.25) is 5.91 Å². The molecule has 0 unspecified atom stereocenters. The van der Waals surface area contributed by atoms with Gasteiger partial charge in [-0.05, 0) is 61.9 Å². The Bertz CT molecular complexity index is 1210. The van der Waals surface area contributed by atoms with E-state index >= 15 is 0 Å². The maximum Gasteiger partial charge on any atom is 0.264 e. The molecule has 0 radical (unpaired) electrons. The quantitative estimate of drug-likeness (QED) is 0.447. The van der Waals surface area contributed by atoms with Crippen LogP contribution in [0.4, 0.5) is 11.4 Å². The number of sulfonamides is 1. The maximum absolute atomic E-state index is 13.5. The molecule has 1 N–H and O–H groups in total. The topological polar surface area (TPSA) is 66.5 Å². The molecule has 0 aromatic heterocycles. The number of rotatable bonds is 6. The molecular formula is C22H19Cl3N2O3S. The number of benzene rings is 3. The summed E-state index contributed by atoms with van der Waals surface area (Å²) in [6, 6.07) is 15.9. The van der Waals surface area contributed by atoms with E-state index in [9.17, 15) is 13.2 Å². The van der Waals surface area contributed by atoms with E-state index in [2.05, 4.69) is 5.32 Å². The first-order valence-corrected chi connectivity index (χ1v) is 11.8. The molecule has 31 heavy (non-hydrogen) atoms. The molecule has 1 amide bonds. The highest BCUT2D eigenvalue weighted by atomic mass is 35.5. The van der Waals surface area contributed by atoms with Crippen LogP contribution in [-0.2, 0) is 14.8 Å². The largest absolute Gasteiger partial charge is 0.324 e. The number of anilines is 2. The Morgan fingerprint density at radius 3 is 2.16 bits per heavy atom. The van der Waals surface area contributed by atoms with E-state index in [4.69, 9.17) is 34.8 Å². The Labute approximate surface area is 196 Å². The molecule has 0 aliphatic heterocycles. The van der Waals surface area contributed by atoms with Crippen molar-refractivity contribution in [1.29, 1.82) is 0 Å². The monoisotopic (exact) mass is 496 g/mol. The summed E-state index contributed by atoms with van der Waals surface area (Å²) in [6.45, 7) is 3.09. The van der Waals surface area contributed by atoms with Crippen LogP contribution in [0.3, 0.4) is 0 Å². The van der Waals surface area contributed by atoms with Crippen molar-refractivity contribution in [1.82, 2.24) is 0 Å². The lowest BCUT2D eigenvalue weighted by molar-refractivity contribution is -0.114. The van der Waals surface area contributed by atoms with Crippen LogP contribution in [0.2, 0.25) is 15.1 Å². The maximum atomic E-state index is 13.5. The Morgan fingerprint density at radius 2 is 1.55 bits per heavy atom. The van der Waals surface area contributed by atoms with Gasteiger partial charge in [0.1, 0.15) is 6.54 Å². The van der Waals surface area contributed by atoms with Gasteiger partial charge in [0.05, 0.1) is 10.6 Å². The van der Waals surface area contributed by atoms with E-state index in [1.54, 1.807) is 37.3 Å². The highest BCUT2D eigenvalue weighted by Crippen LogP contribution is 2.31. The normalized spacial score (nSPS) is 11.3. The van der Waals surface area contributed by atoms with Gasteiger partial charge in [0.15, 0.2) is 0 Å². The van der Waals surface area contributed by atoms with Gasteiger partial charge in [0, 0.05) is 20.8 Å². The molecule has 0 spiro atoms. The Balaban J connectivity index is 2.00. The Morgan fingerprint density at radius 1 is 0.935 bits per heavy atom. The fourth-order valence-corrected chi connectivity index (χ4v) is 5.13. The van der Waals surface area contributed by atoms with Crippen molar-refractivity contribution in [2.24, 2.45) is 0 Å². The molecule has 0 fully saturated rings. The van der Waals surface area contributed by atoms with Crippen LogP contribution >= 0.6 is 34.8 Å². The van der Waals surface area contributed by atoms with Crippen molar-refractivity contribution in [3.63, 3.8) is 0 Å². The van der Waals surface area contributed by atoms with E-state index in [0.29, 0.717) is 32.0 Å². The molecule has 3 rings (SSSR count). The predicted octanol–water partition coefficient (Wildman–Crippen LogP) is 6.10. The third-order valence-electron chi connectivity index (χ3n) is 4.55. The van der Waals surface area contributed by atoms with Crippen molar-refractivity contribution in [3.8, 4) is 0 Å². The molecule has 3 aromatic carbocycles. The Kier molecular flexibility index (Phi) is 7.17. The van der Waals surface area contributed by atoms with Crippen molar-refractivity contribution in [2.45, 2.75) is 18.7 Å². The minimum atomic E-state index is -4.05. The second-order valence-electron chi connectivity index (χ2n) is 6.91. The van der Waals surface area contributed by atoms with E-state index in [1.807, 2.05) is 6.92 Å². The molecule has 0 atom stereocenters. The summed E-state index contributed by atoms with van der Waals surface area (Å²) in [5.74, 6) is -0.562. The molecule has 3 aromatic rings. The first kappa shape index (κ1) is 23.4. The van der Waals surface area contributed by atoms with Crippen LogP contribution in [0.5, 0.6) is 0 Å². The number of amides is 1. The van der Waals surface area contributed by atoms with Crippen LogP contribution in [0, 0.1) is 13.8 Å². The summed E-state index contributed by atoms with van der Waals surface area (Å²) < 4.78 is 28.0. The van der Waals surface area contributed by atoms with Gasteiger partial charge in [-0.25, -0.2) is 8.42 Å². The number of nitrogens with zero attached hydrogens (tertiary/aromatic N) is 1. The van der Waals surface area contributed by atoms with E-state index in [0.717, 1.165) is 9.87 Å². The summed E-state index contributed by atoms with van der Waals surface area (Å²) >= 11 is 18.2. The molecule has 0 aliphatic rings. The van der Waals surface area contributed by atoms with Gasteiger partial charge in [-0.15, -0.1) is 0 Å². The fraction of sp³-hybridized carbons (Fsp3) is 0.136. The highest BCUT2D eigenvalue weighted by molar-refractivity contribution is 7.92. The zero-order valence-corrected chi connectivity index (χ0v) is 19.8. The molecule has 0 bridgehead atoms. The van der Waals surface area contributed by atoms with Gasteiger partial charge in [0.25, 0.3) is 10.0 Å². The minimum absolute atomic E-state index is 0.0658. The van der Waals surface area contributed by atoms with Crippen molar-refractivity contribution >= 4 is 62.1 Å². The highest BCUT2D eigenvalue weighted by Gasteiger charge is 2.28. The first-order valence-electron chi connectivity index (χ1n) is 9.18. The van der Waals surface area contributed by atoms with E-state index < -0.39 is 22.5 Å². The molecule has 9 heteroatoms. The second-order valence-corrected chi connectivity index (χ2v) is 10.1. The van der Waals surface area contributed by atoms with Crippen LogP contribution in [0.1, 0.15) is 11.1 Å². The third-order valence-corrected chi connectivity index (χ3v) is 7.17. The lowest BCUT2D eigenvalue weighted by Crippen LogP contribution is -2.38. The Hall–Kier alpha value is -2.25. The average molecular weight is 498 g/mol. The molecule has 5 nitrogen and oxygen atoms in total. The predicted molar refractivity (Wildman–Crippen MR) is 127 cm³/mol. The van der Waals surface area contributed by atoms with Gasteiger partial charge in [-0.1, -0.05) is 58.6 Å². The summed E-state index contributed by atoms with van der Waals surface area (Å²) in [5, 5.41) is 3.73. The minimum Gasteiger partial charge on any atom is -0.324 e. The van der Waals surface area contributed by atoms with Gasteiger partial charge in [-0.2, -0.15) is 0 Å². The van der Waals surface area contributed by atoms with Gasteiger partial charge < -0.3 is 5.32 Å². The first-order chi connectivity index (χ1) is 14.6. The molecular weight excluding hydrogens is 479 g/mol. The van der Waals surface area contributed by atoms with Crippen LogP contribution < -0.4 is 9.62 Å². The van der Waals surface area contributed by atoms with Crippen molar-refractivity contribution in [2.75, 3.05) is 16.2 Å². The SMILES string of the molecule is Cc1ccc(S(=O)(=O)N(CC(=O)Nc2cc(Cl)cc(Cl)c2)c2cccc(Cl)c2C)cc1. The number of halogens is 3. The lowest BCUT2D eigenvalue weighted by atomic mass is 10.2. The molecule has 162 valence electrons. The number of hydrogen-bond acceptors (Lipinski definition) is 3. The van der Waals surface area contributed by atoms with Gasteiger partial charge >= 0.3 is 0 Å². The van der Waals surface area contributed by atoms with Crippen LogP contribution in [0.15, 0.2) is 65.6 Å². The van der Waals surface area contributed by atoms with Crippen LogP contribution in [0.25, 0.3) is 0 Å². The van der Waals surface area contributed by atoms with Crippen molar-refractivity contribution in [3.05, 3.63) is 86.9 Å². The number of carbonyl (C=O) groups excluding carboxylic acids is 1. The molecule has 0 saturated heterocycles. The lowest BCUT2D eigenvalue weighted by Gasteiger charge is -2.26. The summed E-state index contributed by atoms with van der Waals surface area (Å²) in [4.78, 5) is 12.9. The van der Waals surface area contributed by atoms with E-state index in [-0.39, 0.29) is 4.90 Å². The summed E-state index contributed by atoms with van der Waals surface area (Å²) in [6.07, 6.45) is 0. The fourth-order valence-electron chi connectivity index (χ4n) is 2.96. The second kappa shape index (κ2) is 9.49. The molecule has 0 aliphatic carbocycles. The number of nitrogens with one attached hydrogen (secondary N) is 1. The third kappa shape index (κ3) is 5.52. The standard InChI is InChI=1S/C22H19Cl3N2O3S/c1-14-6-8-19(9-7-14)31(29,30)27(21-5-3-4-20(25)15(21)2)13-22(28)26-18-11-16(23)10-17(24)12-18/h3-12H,13H2,1-2H3,(H,26,28). The summed E-state index contributed by atoms with van der Waals surface area (Å²) in [7, 11) is -4.05. The van der Waals surface area contributed by atoms with E-state index in [1.165, 1.54) is 30.3 Å². The number of hydrogen-bond donors (Lipinski definition) is 1. The van der Waals surface area contributed by atoms with Crippen LogP contribution in [-0.4, -0.2) is 20.9 Å². The average Bonchev–Trinajstić information content (AvgIpc) is 2.68. The van der Waals surface area contributed by atoms with Gasteiger partial charge in [-0.3, -0.25) is 9.10 Å². The smallest absolute Gasteiger partial charge is 0.264 e. The zero-order chi connectivity index (χ0) is 22.8. The van der Waals surface area contributed by atoms with Crippen molar-refractivity contribution < 1.29 is 13.2 Å². The number of carbonyl (C=O) groups is 1. The summed E-state index contributed by atoms with van der Waals surface area (Å²) in [5.41, 5.74) is 2.13. The number of aryl methyl sites for hydroxylation is 1. The molecule has 0 heterocycles.